The number of amides is 1. The lowest BCUT2D eigenvalue weighted by atomic mass is 9.77. The molecule has 8 heteroatoms. The van der Waals surface area contributed by atoms with Gasteiger partial charge in [-0.1, -0.05) is 60.7 Å². The Labute approximate surface area is 201 Å². The van der Waals surface area contributed by atoms with E-state index in [9.17, 15) is 9.59 Å². The first kappa shape index (κ1) is 25.5. The summed E-state index contributed by atoms with van der Waals surface area (Å²) in [5.41, 5.74) is 2.44. The molecule has 2 aromatic rings. The topological polar surface area (TPSA) is 94.1 Å². The Morgan fingerprint density at radius 3 is 2.18 bits per heavy atom. The molecular formula is C26H32BNO6. The summed E-state index contributed by atoms with van der Waals surface area (Å²) in [7, 11) is -0.633. The number of nitrogens with one attached hydrogen (secondary N) is 1. The molecule has 180 valence electrons. The fourth-order valence-corrected chi connectivity index (χ4v) is 3.39. The maximum absolute atomic E-state index is 12.3. The average molecular weight is 465 g/mol. The molecule has 0 saturated carbocycles. The molecule has 0 aliphatic carbocycles. The lowest BCUT2D eigenvalue weighted by Gasteiger charge is -2.32. The summed E-state index contributed by atoms with van der Waals surface area (Å²) >= 11 is 0. The van der Waals surface area contributed by atoms with Gasteiger partial charge >= 0.3 is 19.2 Å². The van der Waals surface area contributed by atoms with E-state index >= 15 is 0 Å². The average Bonchev–Trinajstić information content (AvgIpc) is 3.02. The highest BCUT2D eigenvalue weighted by Gasteiger charge is 2.52. The zero-order valence-corrected chi connectivity index (χ0v) is 20.2. The van der Waals surface area contributed by atoms with Crippen molar-refractivity contribution in [3.05, 3.63) is 76.8 Å². The van der Waals surface area contributed by atoms with Crippen molar-refractivity contribution >= 4 is 25.3 Å². The predicted molar refractivity (Wildman–Crippen MR) is 131 cm³/mol. The molecule has 2 N–H and O–H groups in total. The summed E-state index contributed by atoms with van der Waals surface area (Å²) in [6.45, 7) is 8.27. The van der Waals surface area contributed by atoms with Crippen LogP contribution in [0.1, 0.15) is 50.8 Å². The van der Waals surface area contributed by atoms with Crippen molar-refractivity contribution in [3.8, 4) is 0 Å². The molecule has 0 bridgehead atoms. The number of hydrogen-bond donors (Lipinski definition) is 2. The standard InChI is InChI=1S/C26H32BNO6/c1-25(2)26(3,4)34-27(33-25)22(16-20-12-10-19(11-13-20)14-15-23(29)30)17-28-24(31)32-18-21-8-6-5-7-9-21/h5-13,16H,14-15,17-18H2,1-4H3,(H,28,31)(H,29,30). The number of benzene rings is 2. The van der Waals surface area contributed by atoms with E-state index in [4.69, 9.17) is 19.2 Å². The molecule has 0 atom stereocenters. The number of rotatable bonds is 9. The molecule has 7 nitrogen and oxygen atoms in total. The van der Waals surface area contributed by atoms with Crippen LogP contribution in [0, 0.1) is 0 Å². The zero-order chi connectivity index (χ0) is 24.8. The highest BCUT2D eigenvalue weighted by atomic mass is 16.7. The minimum absolute atomic E-state index is 0.0867. The monoisotopic (exact) mass is 465 g/mol. The quantitative estimate of drug-likeness (QED) is 0.524. The van der Waals surface area contributed by atoms with Gasteiger partial charge in [-0.3, -0.25) is 4.79 Å². The SMILES string of the molecule is CC1(C)OB(C(=Cc2ccc(CCC(=O)O)cc2)CNC(=O)OCc2ccccc2)OC1(C)C. The van der Waals surface area contributed by atoms with Crippen molar-refractivity contribution in [3.63, 3.8) is 0 Å². The summed E-state index contributed by atoms with van der Waals surface area (Å²) in [4.78, 5) is 23.1. The van der Waals surface area contributed by atoms with Gasteiger partial charge in [0.05, 0.1) is 11.2 Å². The van der Waals surface area contributed by atoms with Crippen molar-refractivity contribution in [1.29, 1.82) is 0 Å². The number of alkyl carbamates (subject to hydrolysis) is 1. The highest BCUT2D eigenvalue weighted by molar-refractivity contribution is 6.56. The van der Waals surface area contributed by atoms with Gasteiger partial charge in [0.2, 0.25) is 0 Å². The molecule has 1 heterocycles. The lowest BCUT2D eigenvalue weighted by molar-refractivity contribution is -0.136. The van der Waals surface area contributed by atoms with Crippen LogP contribution in [0.2, 0.25) is 0 Å². The normalized spacial score (nSPS) is 16.8. The minimum Gasteiger partial charge on any atom is -0.481 e. The van der Waals surface area contributed by atoms with Crippen molar-refractivity contribution in [2.45, 2.75) is 58.3 Å². The van der Waals surface area contributed by atoms with E-state index in [2.05, 4.69) is 5.32 Å². The molecule has 0 aromatic heterocycles. The van der Waals surface area contributed by atoms with Crippen molar-refractivity contribution in [2.24, 2.45) is 0 Å². The van der Waals surface area contributed by atoms with Crippen LogP contribution in [0.4, 0.5) is 4.79 Å². The number of ether oxygens (including phenoxy) is 1. The zero-order valence-electron chi connectivity index (χ0n) is 20.2. The molecule has 34 heavy (non-hydrogen) atoms. The van der Waals surface area contributed by atoms with E-state index in [1.165, 1.54) is 0 Å². The number of aryl methyl sites for hydroxylation is 1. The third-order valence-corrected chi connectivity index (χ3v) is 6.16. The van der Waals surface area contributed by atoms with Crippen molar-refractivity contribution in [1.82, 2.24) is 5.32 Å². The van der Waals surface area contributed by atoms with E-state index in [0.717, 1.165) is 22.2 Å². The predicted octanol–water partition coefficient (Wildman–Crippen LogP) is 4.65. The van der Waals surface area contributed by atoms with Crippen LogP contribution in [0.15, 0.2) is 60.1 Å². The van der Waals surface area contributed by atoms with Crippen LogP contribution < -0.4 is 5.32 Å². The van der Waals surface area contributed by atoms with Crippen molar-refractivity contribution < 1.29 is 28.7 Å². The Morgan fingerprint density at radius 1 is 0.971 bits per heavy atom. The van der Waals surface area contributed by atoms with E-state index in [0.29, 0.717) is 6.42 Å². The first-order valence-electron chi connectivity index (χ1n) is 11.4. The molecule has 1 amide bonds. The van der Waals surface area contributed by atoms with Gasteiger partial charge in [0, 0.05) is 13.0 Å². The van der Waals surface area contributed by atoms with Crippen LogP contribution in [-0.4, -0.2) is 42.0 Å². The third kappa shape index (κ3) is 6.95. The molecule has 1 aliphatic rings. The van der Waals surface area contributed by atoms with Gasteiger partial charge < -0.3 is 24.5 Å². The lowest BCUT2D eigenvalue weighted by Crippen LogP contribution is -2.41. The molecule has 3 rings (SSSR count). The van der Waals surface area contributed by atoms with Gasteiger partial charge in [0.15, 0.2) is 0 Å². The van der Waals surface area contributed by atoms with Gasteiger partial charge in [-0.15, -0.1) is 0 Å². The second-order valence-corrected chi connectivity index (χ2v) is 9.36. The molecule has 0 radical (unpaired) electrons. The number of carbonyl (C=O) groups is 2. The Balaban J connectivity index is 1.71. The van der Waals surface area contributed by atoms with E-state index in [1.54, 1.807) is 0 Å². The third-order valence-electron chi connectivity index (χ3n) is 6.16. The Hall–Kier alpha value is -3.10. The van der Waals surface area contributed by atoms with Gasteiger partial charge in [-0.25, -0.2) is 4.79 Å². The molecule has 2 aromatic carbocycles. The van der Waals surface area contributed by atoms with Crippen LogP contribution >= 0.6 is 0 Å². The van der Waals surface area contributed by atoms with Crippen LogP contribution in [0.25, 0.3) is 6.08 Å². The summed E-state index contributed by atoms with van der Waals surface area (Å²) in [5, 5.41) is 11.7. The molecule has 0 unspecified atom stereocenters. The number of carboxylic acid groups (broad SMARTS) is 1. The second-order valence-electron chi connectivity index (χ2n) is 9.36. The van der Waals surface area contributed by atoms with E-state index < -0.39 is 30.4 Å². The van der Waals surface area contributed by atoms with Gasteiger partial charge in [0.25, 0.3) is 0 Å². The number of hydrogen-bond acceptors (Lipinski definition) is 5. The number of carbonyl (C=O) groups excluding carboxylic acids is 1. The summed E-state index contributed by atoms with van der Waals surface area (Å²) in [6.07, 6.45) is 1.94. The number of aliphatic carboxylic acids is 1. The van der Waals surface area contributed by atoms with Crippen molar-refractivity contribution in [2.75, 3.05) is 6.54 Å². The summed E-state index contributed by atoms with van der Waals surface area (Å²) < 4.78 is 17.7. The highest BCUT2D eigenvalue weighted by Crippen LogP contribution is 2.38. The van der Waals surface area contributed by atoms with Gasteiger partial charge in [0.1, 0.15) is 6.61 Å². The summed E-state index contributed by atoms with van der Waals surface area (Å²) in [5.74, 6) is -0.822. The van der Waals surface area contributed by atoms with Crippen LogP contribution in [-0.2, 0) is 31.9 Å². The maximum atomic E-state index is 12.3. The molecular weight excluding hydrogens is 433 g/mol. The first-order chi connectivity index (χ1) is 16.1. The second kappa shape index (κ2) is 10.9. The van der Waals surface area contributed by atoms with E-state index in [-0.39, 0.29) is 19.6 Å². The largest absolute Gasteiger partial charge is 0.492 e. The molecule has 1 aliphatic heterocycles. The molecule has 0 spiro atoms. The minimum atomic E-state index is -0.822. The van der Waals surface area contributed by atoms with Crippen LogP contribution in [0.3, 0.4) is 0 Å². The van der Waals surface area contributed by atoms with Gasteiger partial charge in [-0.05, 0) is 56.3 Å². The fraction of sp³-hybridized carbons (Fsp3) is 0.385. The Morgan fingerprint density at radius 2 is 1.59 bits per heavy atom. The first-order valence-corrected chi connectivity index (χ1v) is 11.4. The van der Waals surface area contributed by atoms with Crippen LogP contribution in [0.5, 0.6) is 0 Å². The van der Waals surface area contributed by atoms with Gasteiger partial charge in [-0.2, -0.15) is 0 Å². The maximum Gasteiger partial charge on any atom is 0.492 e. The van der Waals surface area contributed by atoms with E-state index in [1.807, 2.05) is 88.4 Å². The smallest absolute Gasteiger partial charge is 0.481 e. The number of carboxylic acids is 1. The fourth-order valence-electron chi connectivity index (χ4n) is 3.39. The Kier molecular flexibility index (Phi) is 8.17. The molecule has 1 saturated heterocycles. The summed E-state index contributed by atoms with van der Waals surface area (Å²) in [6, 6.07) is 17.1. The molecule has 1 fully saturated rings. The Bertz CT molecular complexity index is 1000.